The van der Waals surface area contributed by atoms with Gasteiger partial charge in [-0.05, 0) is 12.8 Å². The van der Waals surface area contributed by atoms with Crippen LogP contribution in [0, 0.1) is 0 Å². The van der Waals surface area contributed by atoms with E-state index in [1.54, 1.807) is 0 Å². The van der Waals surface area contributed by atoms with E-state index >= 15 is 0 Å². The van der Waals surface area contributed by atoms with Crippen molar-refractivity contribution in [2.24, 2.45) is 0 Å². The highest BCUT2D eigenvalue weighted by Gasteiger charge is 2.11. The van der Waals surface area contributed by atoms with Gasteiger partial charge >= 0.3 is 0 Å². The lowest BCUT2D eigenvalue weighted by molar-refractivity contribution is 0.127. The fourth-order valence-corrected chi connectivity index (χ4v) is 1.32. The lowest BCUT2D eigenvalue weighted by Gasteiger charge is -2.33. The Hall–Kier alpha value is -0.0800. The first-order valence-corrected chi connectivity index (χ1v) is 3.60. The molecule has 0 aromatic rings. The van der Waals surface area contributed by atoms with Crippen LogP contribution in [0.3, 0.4) is 0 Å². The van der Waals surface area contributed by atoms with Gasteiger partial charge in [0.25, 0.3) is 0 Å². The van der Waals surface area contributed by atoms with Gasteiger partial charge < -0.3 is 10.4 Å². The molecule has 0 amide bonds. The fourth-order valence-electron chi connectivity index (χ4n) is 1.32. The van der Waals surface area contributed by atoms with Gasteiger partial charge in [-0.2, -0.15) is 7.05 Å². The van der Waals surface area contributed by atoms with Crippen molar-refractivity contribution in [3.05, 3.63) is 5.32 Å². The van der Waals surface area contributed by atoms with E-state index in [4.69, 9.17) is 5.11 Å². The molecule has 0 aromatic carbocycles. The maximum absolute atomic E-state index is 9.08. The predicted molar refractivity (Wildman–Crippen MR) is 37.5 cm³/mol. The van der Waals surface area contributed by atoms with Crippen molar-refractivity contribution >= 4 is 0 Å². The molecule has 1 saturated carbocycles. The number of nitrogens with zero attached hydrogens (tertiary/aromatic N) is 1. The summed E-state index contributed by atoms with van der Waals surface area (Å²) >= 11 is 0. The van der Waals surface area contributed by atoms with Crippen LogP contribution >= 0.6 is 0 Å². The third-order valence-electron chi connectivity index (χ3n) is 2.03. The normalized spacial score (nSPS) is 36.7. The minimum atomic E-state index is -0.0389. The van der Waals surface area contributed by atoms with E-state index < -0.39 is 0 Å². The molecule has 1 N–H and O–H groups in total. The first kappa shape index (κ1) is 7.03. The topological polar surface area (TPSA) is 34.3 Å². The van der Waals surface area contributed by atoms with Crippen molar-refractivity contribution in [1.82, 2.24) is 0 Å². The zero-order valence-corrected chi connectivity index (χ0v) is 5.88. The van der Waals surface area contributed by atoms with E-state index in [0.717, 1.165) is 25.7 Å². The molecule has 0 spiro atoms. The summed E-state index contributed by atoms with van der Waals surface area (Å²) < 4.78 is 0. The molecule has 0 aliphatic heterocycles. The summed E-state index contributed by atoms with van der Waals surface area (Å²) in [6.45, 7) is 0. The van der Waals surface area contributed by atoms with E-state index in [9.17, 15) is 0 Å². The monoisotopic (exact) mass is 128 g/mol. The van der Waals surface area contributed by atoms with Crippen molar-refractivity contribution in [2.75, 3.05) is 7.05 Å². The van der Waals surface area contributed by atoms with E-state index in [-0.39, 0.29) is 6.10 Å². The molecule has 2 nitrogen and oxygen atoms in total. The fraction of sp³-hybridized carbons (Fsp3) is 1.00. The van der Waals surface area contributed by atoms with Crippen LogP contribution < -0.4 is 0 Å². The molecule has 1 rings (SSSR count). The van der Waals surface area contributed by atoms with Gasteiger partial charge in [0.15, 0.2) is 0 Å². The second-order valence-corrected chi connectivity index (χ2v) is 2.72. The van der Waals surface area contributed by atoms with Crippen LogP contribution in [0.15, 0.2) is 0 Å². The number of hydrogen-bond donors (Lipinski definition) is 1. The Labute approximate surface area is 56.3 Å². The smallest absolute Gasteiger partial charge is 0.0539 e. The first-order valence-electron chi connectivity index (χ1n) is 3.60. The van der Waals surface area contributed by atoms with Gasteiger partial charge in [0.1, 0.15) is 0 Å². The lowest BCUT2D eigenvalue weighted by atomic mass is 9.93. The largest absolute Gasteiger partial charge is 0.662 e. The summed E-state index contributed by atoms with van der Waals surface area (Å²) in [5, 5.41) is 13.3. The van der Waals surface area contributed by atoms with Crippen LogP contribution in [-0.2, 0) is 0 Å². The van der Waals surface area contributed by atoms with Gasteiger partial charge in [-0.15, -0.1) is 6.04 Å². The van der Waals surface area contributed by atoms with Crippen LogP contribution in [0.4, 0.5) is 0 Å². The van der Waals surface area contributed by atoms with Gasteiger partial charge in [0.2, 0.25) is 0 Å². The molecule has 0 atom stereocenters. The Balaban J connectivity index is 2.18. The summed E-state index contributed by atoms with van der Waals surface area (Å²) in [6.07, 6.45) is 4.02. The van der Waals surface area contributed by atoms with Crippen molar-refractivity contribution in [3.8, 4) is 0 Å². The van der Waals surface area contributed by atoms with Crippen molar-refractivity contribution in [3.63, 3.8) is 0 Å². The zero-order chi connectivity index (χ0) is 6.69. The lowest BCUT2D eigenvalue weighted by Crippen LogP contribution is -2.20. The molecule has 0 bridgehead atoms. The molecule has 2 heteroatoms. The average molecular weight is 128 g/mol. The maximum atomic E-state index is 9.08. The molecular formula is C7H14NO-. The molecule has 9 heavy (non-hydrogen) atoms. The molecule has 0 heterocycles. The Morgan fingerprint density at radius 2 is 1.78 bits per heavy atom. The van der Waals surface area contributed by atoms with Crippen LogP contribution in [0.5, 0.6) is 0 Å². The van der Waals surface area contributed by atoms with Crippen LogP contribution in [0.1, 0.15) is 25.7 Å². The zero-order valence-electron chi connectivity index (χ0n) is 5.88. The second-order valence-electron chi connectivity index (χ2n) is 2.72. The predicted octanol–water partition coefficient (Wildman–Crippen LogP) is 1.29. The summed E-state index contributed by atoms with van der Waals surface area (Å²) in [5.41, 5.74) is 0. The van der Waals surface area contributed by atoms with Crippen molar-refractivity contribution < 1.29 is 5.11 Å². The molecule has 1 aliphatic rings. The molecule has 0 unspecified atom stereocenters. The number of hydrogen-bond acceptors (Lipinski definition) is 1. The SMILES string of the molecule is C[N-]C1CCC(O)CC1. The van der Waals surface area contributed by atoms with Gasteiger partial charge in [-0.25, -0.2) is 0 Å². The Kier molecular flexibility index (Phi) is 2.49. The summed E-state index contributed by atoms with van der Waals surface area (Å²) in [7, 11) is 1.86. The minimum absolute atomic E-state index is 0.0389. The molecule has 0 radical (unpaired) electrons. The van der Waals surface area contributed by atoms with Crippen molar-refractivity contribution in [1.29, 1.82) is 0 Å². The summed E-state index contributed by atoms with van der Waals surface area (Å²) in [6, 6.07) is 0.536. The third kappa shape index (κ3) is 1.95. The van der Waals surface area contributed by atoms with E-state index in [0.29, 0.717) is 6.04 Å². The van der Waals surface area contributed by atoms with E-state index in [2.05, 4.69) is 5.32 Å². The molecule has 1 fully saturated rings. The van der Waals surface area contributed by atoms with Gasteiger partial charge in [-0.1, -0.05) is 12.8 Å². The quantitative estimate of drug-likeness (QED) is 0.567. The van der Waals surface area contributed by atoms with E-state index in [1.807, 2.05) is 7.05 Å². The van der Waals surface area contributed by atoms with Crippen LogP contribution in [0.25, 0.3) is 5.32 Å². The van der Waals surface area contributed by atoms with Crippen LogP contribution in [0.2, 0.25) is 0 Å². The Morgan fingerprint density at radius 3 is 2.22 bits per heavy atom. The second kappa shape index (κ2) is 3.18. The van der Waals surface area contributed by atoms with E-state index in [1.165, 1.54) is 0 Å². The van der Waals surface area contributed by atoms with Crippen LogP contribution in [-0.4, -0.2) is 24.3 Å². The minimum Gasteiger partial charge on any atom is -0.662 e. The standard InChI is InChI=1S/C7H14NO/c1-8-6-2-4-7(9)5-3-6/h6-7,9H,2-5H2,1H3/q-1. The molecular weight excluding hydrogens is 114 g/mol. The van der Waals surface area contributed by atoms with Gasteiger partial charge in [-0.3, -0.25) is 0 Å². The molecule has 0 aromatic heterocycles. The Morgan fingerprint density at radius 1 is 1.22 bits per heavy atom. The van der Waals surface area contributed by atoms with Gasteiger partial charge in [0, 0.05) is 0 Å². The van der Waals surface area contributed by atoms with Crippen molar-refractivity contribution in [2.45, 2.75) is 37.8 Å². The Bertz CT molecular complexity index is 77.0. The average Bonchev–Trinajstić information content (AvgIpc) is 1.90. The molecule has 54 valence electrons. The summed E-state index contributed by atoms with van der Waals surface area (Å²) in [5.74, 6) is 0. The molecule has 0 saturated heterocycles. The first-order chi connectivity index (χ1) is 4.33. The highest BCUT2D eigenvalue weighted by atomic mass is 16.3. The highest BCUT2D eigenvalue weighted by Crippen LogP contribution is 2.22. The van der Waals surface area contributed by atoms with Gasteiger partial charge in [0.05, 0.1) is 6.10 Å². The summed E-state index contributed by atoms with van der Waals surface area (Å²) in [4.78, 5) is 0. The number of rotatable bonds is 1. The third-order valence-corrected chi connectivity index (χ3v) is 2.03. The number of aliphatic hydroxyl groups excluding tert-OH is 1. The highest BCUT2D eigenvalue weighted by molar-refractivity contribution is 4.89. The molecule has 1 aliphatic carbocycles. The number of aliphatic hydroxyl groups is 1. The maximum Gasteiger partial charge on any atom is 0.0539 e.